The molecule has 178 valence electrons. The molecule has 0 aliphatic carbocycles. The average molecular weight is 551 g/mol. The molecular formula is C28H46P2Pd. The van der Waals surface area contributed by atoms with Gasteiger partial charge < -0.3 is 0 Å². The molecule has 31 heavy (non-hydrogen) atoms. The maximum Gasteiger partial charge on any atom is 0 e. The van der Waals surface area contributed by atoms with Crippen molar-refractivity contribution in [1.29, 1.82) is 0 Å². The molecule has 0 heterocycles. The molecule has 0 bridgehead atoms. The molecule has 0 N–H and O–H groups in total. The fraction of sp³-hybridized carbons (Fsp3) is 0.571. The van der Waals surface area contributed by atoms with Gasteiger partial charge in [0.15, 0.2) is 0 Å². The van der Waals surface area contributed by atoms with Gasteiger partial charge in [-0.15, -0.1) is 18.5 Å². The molecule has 0 radical (unpaired) electrons. The third-order valence-electron chi connectivity index (χ3n) is 5.31. The van der Waals surface area contributed by atoms with Gasteiger partial charge in [-0.25, -0.2) is 0 Å². The van der Waals surface area contributed by atoms with Crippen molar-refractivity contribution < 1.29 is 20.4 Å². The predicted octanol–water partition coefficient (Wildman–Crippen LogP) is 7.56. The van der Waals surface area contributed by atoms with Crippen molar-refractivity contribution in [3.05, 3.63) is 58.7 Å². The second-order valence-electron chi connectivity index (χ2n) is 12.5. The van der Waals surface area contributed by atoms with Crippen molar-refractivity contribution >= 4 is 29.1 Å². The summed E-state index contributed by atoms with van der Waals surface area (Å²) in [5.41, 5.74) is 6.72. The van der Waals surface area contributed by atoms with Crippen LogP contribution in [0.2, 0.25) is 0 Å². The smallest absolute Gasteiger partial charge is 0 e. The van der Waals surface area contributed by atoms with Crippen molar-refractivity contribution in [2.45, 2.75) is 105 Å². The summed E-state index contributed by atoms with van der Waals surface area (Å²) in [6.45, 7) is 27.4. The summed E-state index contributed by atoms with van der Waals surface area (Å²) in [7, 11) is 5.73. The van der Waals surface area contributed by atoms with E-state index in [1.807, 2.05) is 0 Å². The number of hydrogen-bond donors (Lipinski definition) is 0. The second-order valence-corrected chi connectivity index (χ2v) is 13.8. The Morgan fingerprint density at radius 2 is 0.710 bits per heavy atom. The Balaban J connectivity index is 0.000000562. The van der Waals surface area contributed by atoms with Crippen LogP contribution >= 0.6 is 18.5 Å². The first-order valence-electron chi connectivity index (χ1n) is 11.1. The zero-order valence-electron chi connectivity index (χ0n) is 21.9. The summed E-state index contributed by atoms with van der Waals surface area (Å²) >= 11 is 0. The summed E-state index contributed by atoms with van der Waals surface area (Å²) in [6, 6.07) is 13.2. The molecule has 2 aromatic rings. The molecule has 2 rings (SSSR count). The SMILES string of the molecule is CC(C)(C)c1cccc(P)c1C(C)(C)C.CC(C)(C)c1cccc(P)c1C(C)(C)C.[Pd]. The molecule has 0 aliphatic rings. The third-order valence-corrected chi connectivity index (χ3v) is 6.27. The Bertz CT molecular complexity index is 781. The van der Waals surface area contributed by atoms with E-state index in [0.717, 1.165) is 0 Å². The van der Waals surface area contributed by atoms with Crippen LogP contribution in [0.5, 0.6) is 0 Å². The minimum atomic E-state index is 0. The van der Waals surface area contributed by atoms with E-state index in [2.05, 4.69) is 138 Å². The van der Waals surface area contributed by atoms with Crippen LogP contribution < -0.4 is 10.6 Å². The van der Waals surface area contributed by atoms with Crippen molar-refractivity contribution in [2.24, 2.45) is 0 Å². The van der Waals surface area contributed by atoms with Gasteiger partial charge in [0.25, 0.3) is 0 Å². The Morgan fingerprint density at radius 3 is 0.871 bits per heavy atom. The van der Waals surface area contributed by atoms with Crippen LogP contribution in [0, 0.1) is 0 Å². The molecule has 0 spiro atoms. The van der Waals surface area contributed by atoms with Gasteiger partial charge in [-0.05, 0) is 54.5 Å². The zero-order chi connectivity index (χ0) is 23.7. The van der Waals surface area contributed by atoms with Crippen molar-refractivity contribution in [3.8, 4) is 0 Å². The molecule has 0 nitrogen and oxygen atoms in total. The molecule has 0 fully saturated rings. The molecule has 0 amide bonds. The van der Waals surface area contributed by atoms with Crippen LogP contribution in [-0.2, 0) is 42.1 Å². The van der Waals surface area contributed by atoms with Gasteiger partial charge in [0.05, 0.1) is 0 Å². The minimum absolute atomic E-state index is 0. The fourth-order valence-electron chi connectivity index (χ4n) is 4.06. The van der Waals surface area contributed by atoms with E-state index >= 15 is 0 Å². The Hall–Kier alpha value is -0.0377. The van der Waals surface area contributed by atoms with Gasteiger partial charge >= 0.3 is 0 Å². The molecule has 2 aromatic carbocycles. The number of hydrogen-bond acceptors (Lipinski definition) is 0. The van der Waals surface area contributed by atoms with Crippen molar-refractivity contribution in [2.75, 3.05) is 0 Å². The third kappa shape index (κ3) is 8.68. The molecule has 0 saturated carbocycles. The predicted molar refractivity (Wildman–Crippen MR) is 146 cm³/mol. The summed E-state index contributed by atoms with van der Waals surface area (Å²) in [4.78, 5) is 0. The van der Waals surface area contributed by atoms with Crippen molar-refractivity contribution in [1.82, 2.24) is 0 Å². The van der Waals surface area contributed by atoms with Crippen LogP contribution in [0.1, 0.15) is 105 Å². The van der Waals surface area contributed by atoms with Gasteiger partial charge in [0.2, 0.25) is 0 Å². The summed E-state index contributed by atoms with van der Waals surface area (Å²) in [6.07, 6.45) is 0. The first-order valence-corrected chi connectivity index (χ1v) is 12.2. The quantitative estimate of drug-likeness (QED) is 0.234. The van der Waals surface area contributed by atoms with Gasteiger partial charge in [0, 0.05) is 20.4 Å². The van der Waals surface area contributed by atoms with Gasteiger partial charge in [-0.2, -0.15) is 0 Å². The minimum Gasteiger partial charge on any atom is -0.105 e. The van der Waals surface area contributed by atoms with E-state index in [1.165, 1.54) is 32.9 Å². The van der Waals surface area contributed by atoms with Gasteiger partial charge in [-0.1, -0.05) is 119 Å². The van der Waals surface area contributed by atoms with Crippen LogP contribution in [-0.4, -0.2) is 0 Å². The van der Waals surface area contributed by atoms with E-state index < -0.39 is 0 Å². The molecule has 0 aliphatic heterocycles. The van der Waals surface area contributed by atoms with Crippen LogP contribution in [0.15, 0.2) is 36.4 Å². The fourth-order valence-corrected chi connectivity index (χ4v) is 5.46. The monoisotopic (exact) mass is 550 g/mol. The summed E-state index contributed by atoms with van der Waals surface area (Å²) in [5.74, 6) is 0. The van der Waals surface area contributed by atoms with Crippen LogP contribution in [0.4, 0.5) is 0 Å². The topological polar surface area (TPSA) is 0 Å². The maximum atomic E-state index is 2.87. The van der Waals surface area contributed by atoms with E-state index in [-0.39, 0.29) is 42.1 Å². The molecule has 3 heteroatoms. The molecule has 2 unspecified atom stereocenters. The van der Waals surface area contributed by atoms with Gasteiger partial charge in [-0.3, -0.25) is 0 Å². The van der Waals surface area contributed by atoms with E-state index in [0.29, 0.717) is 0 Å². The number of benzene rings is 2. The molecular weight excluding hydrogens is 505 g/mol. The average Bonchev–Trinajstić information content (AvgIpc) is 2.51. The van der Waals surface area contributed by atoms with Crippen LogP contribution in [0.25, 0.3) is 0 Å². The standard InChI is InChI=1S/2C14H23P.Pd/c2*1-13(2,3)10-8-7-9-11(15)12(10)14(4,5)6;/h2*7-9H,15H2,1-6H3;. The zero-order valence-corrected chi connectivity index (χ0v) is 25.8. The van der Waals surface area contributed by atoms with E-state index in [1.54, 1.807) is 0 Å². The molecule has 2 atom stereocenters. The first kappa shape index (κ1) is 31.0. The molecule has 0 aromatic heterocycles. The normalized spacial score (nSPS) is 12.6. The van der Waals surface area contributed by atoms with Crippen LogP contribution in [0.3, 0.4) is 0 Å². The van der Waals surface area contributed by atoms with Crippen molar-refractivity contribution in [3.63, 3.8) is 0 Å². The van der Waals surface area contributed by atoms with E-state index in [9.17, 15) is 0 Å². The summed E-state index contributed by atoms with van der Waals surface area (Å²) in [5, 5.41) is 2.66. The first-order chi connectivity index (χ1) is 13.3. The Kier molecular flexibility index (Phi) is 10.9. The Morgan fingerprint density at radius 1 is 0.452 bits per heavy atom. The summed E-state index contributed by atoms with van der Waals surface area (Å²) < 4.78 is 0. The Labute approximate surface area is 212 Å². The maximum absolute atomic E-state index is 2.87. The largest absolute Gasteiger partial charge is 0.105 e. The molecule has 0 saturated heterocycles. The number of rotatable bonds is 0. The van der Waals surface area contributed by atoms with Gasteiger partial charge in [0.1, 0.15) is 0 Å². The second kappa shape index (κ2) is 10.9. The van der Waals surface area contributed by atoms with E-state index in [4.69, 9.17) is 0 Å².